The van der Waals surface area contributed by atoms with E-state index in [9.17, 15) is 22.8 Å². The van der Waals surface area contributed by atoms with Crippen molar-refractivity contribution in [3.8, 4) is 0 Å². The van der Waals surface area contributed by atoms with Crippen LogP contribution in [0.1, 0.15) is 20.3 Å². The second-order valence-electron chi connectivity index (χ2n) is 5.30. The van der Waals surface area contributed by atoms with E-state index in [4.69, 9.17) is 0 Å². The molecule has 25 heavy (non-hydrogen) atoms. The maximum atomic E-state index is 11.9. The number of hydrogen-bond donors (Lipinski definition) is 3. The molecule has 0 aliphatic heterocycles. The van der Waals surface area contributed by atoms with Crippen LogP contribution >= 0.6 is 0 Å². The number of benzene rings is 1. The quantitative estimate of drug-likeness (QED) is 0.557. The number of amides is 3. The van der Waals surface area contributed by atoms with E-state index in [-0.39, 0.29) is 23.9 Å². The van der Waals surface area contributed by atoms with Gasteiger partial charge in [0.1, 0.15) is 0 Å². The highest BCUT2D eigenvalue weighted by Crippen LogP contribution is 2.06. The molecule has 0 aliphatic carbocycles. The molecule has 0 spiro atoms. The van der Waals surface area contributed by atoms with Gasteiger partial charge in [-0.1, -0.05) is 18.2 Å². The zero-order valence-electron chi connectivity index (χ0n) is 13.9. The smallest absolute Gasteiger partial charge is 0.321 e. The average Bonchev–Trinajstić information content (AvgIpc) is 2.52. The molecule has 0 aromatic heterocycles. The molecule has 3 N–H and O–H groups in total. The second-order valence-corrected chi connectivity index (χ2v) is 7.06. The number of carbonyl (C=O) groups excluding carboxylic acids is 3. The highest BCUT2D eigenvalue weighted by atomic mass is 32.2. The Bertz CT molecular complexity index is 703. The number of ether oxygens (including phenoxy) is 1. The van der Waals surface area contributed by atoms with Gasteiger partial charge in [0, 0.05) is 12.6 Å². The summed E-state index contributed by atoms with van der Waals surface area (Å²) in [5.74, 6) is -1.55. The third kappa shape index (κ3) is 8.27. The van der Waals surface area contributed by atoms with Crippen LogP contribution in [-0.4, -0.2) is 45.5 Å². The minimum atomic E-state index is -3.70. The minimum absolute atomic E-state index is 0.0823. The number of hydrogen-bond acceptors (Lipinski definition) is 6. The molecule has 9 nitrogen and oxygen atoms in total. The summed E-state index contributed by atoms with van der Waals surface area (Å²) in [5, 5.41) is 4.43. The minimum Gasteiger partial charge on any atom is -0.456 e. The van der Waals surface area contributed by atoms with Crippen molar-refractivity contribution >= 4 is 27.9 Å². The fourth-order valence-corrected chi connectivity index (χ4v) is 2.70. The van der Waals surface area contributed by atoms with Crippen LogP contribution in [0.4, 0.5) is 4.79 Å². The standard InChI is InChI=1S/C15H21N3O6S/c1-11(2)17-15(21)18-13(19)10-24-14(20)8-9-16-25(22,23)12-6-4-3-5-7-12/h3-7,11,16H,8-10H2,1-2H3,(H2,17,18,19,21). The summed E-state index contributed by atoms with van der Waals surface area (Å²) < 4.78 is 30.8. The first-order valence-electron chi connectivity index (χ1n) is 7.51. The van der Waals surface area contributed by atoms with Crippen LogP contribution in [0.15, 0.2) is 35.2 Å². The van der Waals surface area contributed by atoms with Gasteiger partial charge in [-0.05, 0) is 26.0 Å². The fraction of sp³-hybridized carbons (Fsp3) is 0.400. The molecule has 0 aliphatic rings. The maximum Gasteiger partial charge on any atom is 0.321 e. The van der Waals surface area contributed by atoms with Crippen molar-refractivity contribution in [2.75, 3.05) is 13.2 Å². The highest BCUT2D eigenvalue weighted by molar-refractivity contribution is 7.89. The average molecular weight is 371 g/mol. The molecule has 0 saturated heterocycles. The van der Waals surface area contributed by atoms with Crippen LogP contribution in [0.25, 0.3) is 0 Å². The summed E-state index contributed by atoms with van der Waals surface area (Å²) in [6.07, 6.45) is -0.252. The molecule has 3 amide bonds. The van der Waals surface area contributed by atoms with E-state index in [0.29, 0.717) is 0 Å². The number of urea groups is 1. The van der Waals surface area contributed by atoms with E-state index >= 15 is 0 Å². The molecule has 0 radical (unpaired) electrons. The molecule has 138 valence electrons. The third-order valence-electron chi connectivity index (χ3n) is 2.71. The number of carbonyl (C=O) groups is 3. The molecular formula is C15H21N3O6S. The molecule has 0 heterocycles. The van der Waals surface area contributed by atoms with Crippen molar-refractivity contribution in [1.29, 1.82) is 0 Å². The van der Waals surface area contributed by atoms with Gasteiger partial charge < -0.3 is 10.1 Å². The van der Waals surface area contributed by atoms with E-state index in [1.54, 1.807) is 32.0 Å². The zero-order valence-corrected chi connectivity index (χ0v) is 14.8. The van der Waals surface area contributed by atoms with Gasteiger partial charge >= 0.3 is 12.0 Å². The van der Waals surface area contributed by atoms with Crippen LogP contribution in [0.5, 0.6) is 0 Å². The zero-order chi connectivity index (χ0) is 18.9. The first-order chi connectivity index (χ1) is 11.7. The van der Waals surface area contributed by atoms with Crippen LogP contribution in [-0.2, 0) is 24.3 Å². The number of esters is 1. The van der Waals surface area contributed by atoms with Gasteiger partial charge in [-0.25, -0.2) is 17.9 Å². The molecular weight excluding hydrogens is 350 g/mol. The normalized spacial score (nSPS) is 11.0. The van der Waals surface area contributed by atoms with Crippen molar-refractivity contribution in [1.82, 2.24) is 15.4 Å². The topological polar surface area (TPSA) is 131 Å². The van der Waals surface area contributed by atoms with Crippen LogP contribution in [0.3, 0.4) is 0 Å². The molecule has 10 heteroatoms. The Hall–Kier alpha value is -2.46. The SMILES string of the molecule is CC(C)NC(=O)NC(=O)COC(=O)CCNS(=O)(=O)c1ccccc1. The van der Waals surface area contributed by atoms with Crippen LogP contribution in [0, 0.1) is 0 Å². The lowest BCUT2D eigenvalue weighted by molar-refractivity contribution is -0.148. The molecule has 1 rings (SSSR count). The van der Waals surface area contributed by atoms with Gasteiger partial charge in [-0.3, -0.25) is 14.9 Å². The van der Waals surface area contributed by atoms with E-state index in [2.05, 4.69) is 14.8 Å². The van der Waals surface area contributed by atoms with Crippen molar-refractivity contribution < 1.29 is 27.5 Å². The van der Waals surface area contributed by atoms with Gasteiger partial charge in [0.05, 0.1) is 11.3 Å². The summed E-state index contributed by atoms with van der Waals surface area (Å²) in [6, 6.07) is 6.86. The molecule has 1 aromatic carbocycles. The van der Waals surface area contributed by atoms with Gasteiger partial charge in [-0.15, -0.1) is 0 Å². The Morgan fingerprint density at radius 2 is 1.76 bits per heavy atom. The van der Waals surface area contributed by atoms with Crippen molar-refractivity contribution in [3.63, 3.8) is 0 Å². The molecule has 1 aromatic rings. The summed E-state index contributed by atoms with van der Waals surface area (Å²) in [6.45, 7) is 2.64. The van der Waals surface area contributed by atoms with Crippen molar-refractivity contribution in [3.05, 3.63) is 30.3 Å². The Kier molecular flexibility index (Phi) is 8.02. The van der Waals surface area contributed by atoms with E-state index < -0.39 is 34.5 Å². The first-order valence-corrected chi connectivity index (χ1v) is 8.99. The Labute approximate surface area is 146 Å². The largest absolute Gasteiger partial charge is 0.456 e. The summed E-state index contributed by atoms with van der Waals surface area (Å²) in [4.78, 5) is 34.2. The lowest BCUT2D eigenvalue weighted by Gasteiger charge is -2.09. The van der Waals surface area contributed by atoms with Crippen molar-refractivity contribution in [2.24, 2.45) is 0 Å². The number of rotatable bonds is 8. The third-order valence-corrected chi connectivity index (χ3v) is 4.19. The maximum absolute atomic E-state index is 11.9. The number of nitrogens with one attached hydrogen (secondary N) is 3. The van der Waals surface area contributed by atoms with E-state index in [1.165, 1.54) is 12.1 Å². The second kappa shape index (κ2) is 9.74. The predicted molar refractivity (Wildman–Crippen MR) is 89.0 cm³/mol. The number of sulfonamides is 1. The predicted octanol–water partition coefficient (Wildman–Crippen LogP) is 0.132. The van der Waals surface area contributed by atoms with Gasteiger partial charge in [-0.2, -0.15) is 0 Å². The lowest BCUT2D eigenvalue weighted by Crippen LogP contribution is -2.44. The molecule has 0 atom stereocenters. The molecule has 0 saturated carbocycles. The summed E-state index contributed by atoms with van der Waals surface area (Å²) >= 11 is 0. The van der Waals surface area contributed by atoms with Gasteiger partial charge in [0.15, 0.2) is 6.61 Å². The first kappa shape index (κ1) is 20.6. The number of imide groups is 1. The lowest BCUT2D eigenvalue weighted by atomic mass is 10.4. The molecule has 0 bridgehead atoms. The summed E-state index contributed by atoms with van der Waals surface area (Å²) in [7, 11) is -3.70. The van der Waals surface area contributed by atoms with Crippen molar-refractivity contribution in [2.45, 2.75) is 31.2 Å². The van der Waals surface area contributed by atoms with Crippen LogP contribution in [0.2, 0.25) is 0 Å². The van der Waals surface area contributed by atoms with Crippen LogP contribution < -0.4 is 15.4 Å². The Morgan fingerprint density at radius 3 is 2.36 bits per heavy atom. The molecule has 0 unspecified atom stereocenters. The van der Waals surface area contributed by atoms with Gasteiger partial charge in [0.25, 0.3) is 5.91 Å². The Balaban J connectivity index is 2.29. The fourth-order valence-electron chi connectivity index (χ4n) is 1.65. The monoisotopic (exact) mass is 371 g/mol. The van der Waals surface area contributed by atoms with E-state index in [0.717, 1.165) is 0 Å². The Morgan fingerprint density at radius 1 is 1.12 bits per heavy atom. The van der Waals surface area contributed by atoms with Gasteiger partial charge in [0.2, 0.25) is 10.0 Å². The molecule has 0 fully saturated rings. The highest BCUT2D eigenvalue weighted by Gasteiger charge is 2.15. The summed E-state index contributed by atoms with van der Waals surface area (Å²) in [5.41, 5.74) is 0. The van der Waals surface area contributed by atoms with E-state index in [1.807, 2.05) is 5.32 Å².